The number of benzene rings is 1. The summed E-state index contributed by atoms with van der Waals surface area (Å²) < 4.78 is 26.7. The molecule has 2 N–H and O–H groups in total. The average Bonchev–Trinajstić information content (AvgIpc) is 2.47. The summed E-state index contributed by atoms with van der Waals surface area (Å²) in [5.74, 6) is -0.111. The summed E-state index contributed by atoms with van der Waals surface area (Å²) in [5.41, 5.74) is 1.24. The molecule has 0 aromatic heterocycles. The normalized spacial score (nSPS) is 19.2. The van der Waals surface area contributed by atoms with E-state index in [4.69, 9.17) is 0 Å². The van der Waals surface area contributed by atoms with Crippen molar-refractivity contribution in [2.45, 2.75) is 31.7 Å². The zero-order valence-electron chi connectivity index (χ0n) is 13.2. The Morgan fingerprint density at radius 1 is 1.45 bits per heavy atom. The van der Waals surface area contributed by atoms with Crippen LogP contribution in [0.4, 0.5) is 0 Å². The standard InChI is InChI=1S/C15H23N3O3S/c1-4-17-22(20,21)13-6-5-11(2)14(9-13)15(19)18-8-7-16-10-12(18)3/h5-6,9,12,16-17H,4,7-8,10H2,1-3H3. The van der Waals surface area contributed by atoms with E-state index in [2.05, 4.69) is 10.0 Å². The Morgan fingerprint density at radius 3 is 2.82 bits per heavy atom. The van der Waals surface area contributed by atoms with Gasteiger partial charge in [-0.2, -0.15) is 0 Å². The van der Waals surface area contributed by atoms with Crippen LogP contribution in [0.5, 0.6) is 0 Å². The molecule has 1 aromatic carbocycles. The number of carbonyl (C=O) groups is 1. The topological polar surface area (TPSA) is 78.5 Å². The first-order valence-electron chi connectivity index (χ1n) is 7.49. The monoisotopic (exact) mass is 325 g/mol. The van der Waals surface area contributed by atoms with Crippen LogP contribution in [-0.2, 0) is 10.0 Å². The van der Waals surface area contributed by atoms with Crippen molar-refractivity contribution in [2.24, 2.45) is 0 Å². The van der Waals surface area contributed by atoms with Gasteiger partial charge in [0.2, 0.25) is 10.0 Å². The molecule has 22 heavy (non-hydrogen) atoms. The molecular weight excluding hydrogens is 302 g/mol. The van der Waals surface area contributed by atoms with Gasteiger partial charge in [-0.05, 0) is 31.5 Å². The molecule has 1 aliphatic rings. The molecule has 6 nitrogen and oxygen atoms in total. The van der Waals surface area contributed by atoms with Crippen LogP contribution >= 0.6 is 0 Å². The van der Waals surface area contributed by atoms with E-state index in [-0.39, 0.29) is 16.8 Å². The molecule has 0 aliphatic carbocycles. The fourth-order valence-electron chi connectivity index (χ4n) is 2.57. The summed E-state index contributed by atoms with van der Waals surface area (Å²) >= 11 is 0. The predicted octanol–water partition coefficient (Wildman–Crippen LogP) is 0.727. The molecule has 122 valence electrons. The summed E-state index contributed by atoms with van der Waals surface area (Å²) in [6.07, 6.45) is 0. The van der Waals surface area contributed by atoms with Crippen LogP contribution in [0.25, 0.3) is 0 Å². The zero-order valence-corrected chi connectivity index (χ0v) is 14.0. The first kappa shape index (κ1) is 16.9. The maximum atomic E-state index is 12.8. The van der Waals surface area contributed by atoms with Crippen LogP contribution in [0.15, 0.2) is 23.1 Å². The van der Waals surface area contributed by atoms with Gasteiger partial charge in [0.25, 0.3) is 5.91 Å². The molecule has 1 fully saturated rings. The molecule has 1 heterocycles. The first-order valence-corrected chi connectivity index (χ1v) is 8.97. The van der Waals surface area contributed by atoms with E-state index in [9.17, 15) is 13.2 Å². The van der Waals surface area contributed by atoms with E-state index in [0.717, 1.165) is 18.7 Å². The summed E-state index contributed by atoms with van der Waals surface area (Å²) in [5, 5.41) is 3.24. The summed E-state index contributed by atoms with van der Waals surface area (Å²) in [4.78, 5) is 14.7. The van der Waals surface area contributed by atoms with Gasteiger partial charge in [-0.1, -0.05) is 13.0 Å². The third-order valence-electron chi connectivity index (χ3n) is 3.85. The van der Waals surface area contributed by atoms with Crippen LogP contribution in [-0.4, -0.2) is 51.4 Å². The van der Waals surface area contributed by atoms with E-state index in [1.807, 2.05) is 13.8 Å². The van der Waals surface area contributed by atoms with E-state index < -0.39 is 10.0 Å². The van der Waals surface area contributed by atoms with Crippen LogP contribution in [0.1, 0.15) is 29.8 Å². The number of carbonyl (C=O) groups excluding carboxylic acids is 1. The molecule has 1 amide bonds. The number of nitrogens with zero attached hydrogens (tertiary/aromatic N) is 1. The number of nitrogens with one attached hydrogen (secondary N) is 2. The smallest absolute Gasteiger partial charge is 0.254 e. The van der Waals surface area contributed by atoms with E-state index in [1.165, 1.54) is 12.1 Å². The molecular formula is C15H23N3O3S. The SMILES string of the molecule is CCNS(=O)(=O)c1ccc(C)c(C(=O)N2CCNCC2C)c1. The Bertz CT molecular complexity index is 658. The molecule has 0 saturated carbocycles. The number of piperazine rings is 1. The Hall–Kier alpha value is -1.44. The van der Waals surface area contributed by atoms with Crippen molar-refractivity contribution in [2.75, 3.05) is 26.2 Å². The van der Waals surface area contributed by atoms with Gasteiger partial charge in [-0.15, -0.1) is 0 Å². The van der Waals surface area contributed by atoms with Gasteiger partial charge in [0, 0.05) is 37.8 Å². The Kier molecular flexibility index (Phi) is 5.20. The van der Waals surface area contributed by atoms with Gasteiger partial charge in [0.05, 0.1) is 4.90 Å². The van der Waals surface area contributed by atoms with E-state index in [1.54, 1.807) is 17.9 Å². The highest BCUT2D eigenvalue weighted by Crippen LogP contribution is 2.19. The van der Waals surface area contributed by atoms with Gasteiger partial charge in [0.15, 0.2) is 0 Å². The number of hydrogen-bond donors (Lipinski definition) is 2. The lowest BCUT2D eigenvalue weighted by Gasteiger charge is -2.34. The minimum Gasteiger partial charge on any atom is -0.333 e. The van der Waals surface area contributed by atoms with Gasteiger partial charge in [0.1, 0.15) is 0 Å². The lowest BCUT2D eigenvalue weighted by atomic mass is 10.1. The molecule has 1 saturated heterocycles. The second kappa shape index (κ2) is 6.76. The molecule has 0 radical (unpaired) electrons. The quantitative estimate of drug-likeness (QED) is 0.855. The first-order chi connectivity index (χ1) is 10.4. The van der Waals surface area contributed by atoms with Crippen molar-refractivity contribution in [1.82, 2.24) is 14.9 Å². The Balaban J connectivity index is 2.36. The highest BCUT2D eigenvalue weighted by molar-refractivity contribution is 7.89. The average molecular weight is 325 g/mol. The van der Waals surface area contributed by atoms with Crippen LogP contribution < -0.4 is 10.0 Å². The molecule has 1 aromatic rings. The highest BCUT2D eigenvalue weighted by Gasteiger charge is 2.26. The van der Waals surface area contributed by atoms with Crippen molar-refractivity contribution < 1.29 is 13.2 Å². The number of amides is 1. The molecule has 2 rings (SSSR count). The van der Waals surface area contributed by atoms with Crippen LogP contribution in [0.3, 0.4) is 0 Å². The minimum absolute atomic E-state index is 0.0923. The fraction of sp³-hybridized carbons (Fsp3) is 0.533. The maximum absolute atomic E-state index is 12.8. The van der Waals surface area contributed by atoms with Crippen molar-refractivity contribution >= 4 is 15.9 Å². The third-order valence-corrected chi connectivity index (χ3v) is 5.39. The number of aryl methyl sites for hydroxylation is 1. The van der Waals surface area contributed by atoms with Crippen molar-refractivity contribution in [1.29, 1.82) is 0 Å². The van der Waals surface area contributed by atoms with Crippen molar-refractivity contribution in [3.63, 3.8) is 0 Å². The molecule has 1 aliphatic heterocycles. The fourth-order valence-corrected chi connectivity index (χ4v) is 3.64. The minimum atomic E-state index is -3.56. The second-order valence-electron chi connectivity index (χ2n) is 5.53. The molecule has 1 unspecified atom stereocenters. The number of sulfonamides is 1. The zero-order chi connectivity index (χ0) is 16.3. The molecule has 1 atom stereocenters. The molecule has 0 bridgehead atoms. The number of rotatable bonds is 4. The summed E-state index contributed by atoms with van der Waals surface area (Å²) in [6, 6.07) is 4.79. The van der Waals surface area contributed by atoms with Crippen LogP contribution in [0.2, 0.25) is 0 Å². The van der Waals surface area contributed by atoms with Crippen molar-refractivity contribution in [3.05, 3.63) is 29.3 Å². The molecule has 7 heteroatoms. The largest absolute Gasteiger partial charge is 0.333 e. The highest BCUT2D eigenvalue weighted by atomic mass is 32.2. The van der Waals surface area contributed by atoms with Gasteiger partial charge in [-0.25, -0.2) is 13.1 Å². The van der Waals surface area contributed by atoms with Crippen molar-refractivity contribution in [3.8, 4) is 0 Å². The predicted molar refractivity (Wildman–Crippen MR) is 85.4 cm³/mol. The maximum Gasteiger partial charge on any atom is 0.254 e. The van der Waals surface area contributed by atoms with Crippen LogP contribution in [0, 0.1) is 6.92 Å². The Labute approximate surface area is 131 Å². The van der Waals surface area contributed by atoms with Gasteiger partial charge < -0.3 is 10.2 Å². The summed E-state index contributed by atoms with van der Waals surface area (Å²) in [6.45, 7) is 7.98. The number of hydrogen-bond acceptors (Lipinski definition) is 4. The lowest BCUT2D eigenvalue weighted by Crippen LogP contribution is -2.52. The lowest BCUT2D eigenvalue weighted by molar-refractivity contribution is 0.0654. The summed E-state index contributed by atoms with van der Waals surface area (Å²) in [7, 11) is -3.56. The third kappa shape index (κ3) is 3.48. The molecule has 0 spiro atoms. The Morgan fingerprint density at radius 2 is 2.18 bits per heavy atom. The van der Waals surface area contributed by atoms with Gasteiger partial charge >= 0.3 is 0 Å². The second-order valence-corrected chi connectivity index (χ2v) is 7.30. The van der Waals surface area contributed by atoms with Gasteiger partial charge in [-0.3, -0.25) is 4.79 Å². The van der Waals surface area contributed by atoms with E-state index >= 15 is 0 Å². The van der Waals surface area contributed by atoms with E-state index in [0.29, 0.717) is 18.7 Å².